The maximum absolute atomic E-state index is 12.7. The minimum Gasteiger partial charge on any atom is -0.508 e. The first-order valence-corrected chi connectivity index (χ1v) is 6.14. The molecule has 2 aromatic carbocycles. The van der Waals surface area contributed by atoms with Gasteiger partial charge in [-0.2, -0.15) is 0 Å². The molecular formula is C15H13FO5. The van der Waals surface area contributed by atoms with Crippen LogP contribution >= 0.6 is 0 Å². The number of aromatic hydroxyl groups is 2. The van der Waals surface area contributed by atoms with Crippen molar-refractivity contribution < 1.29 is 28.9 Å². The standard InChI is InChI=1S/C15H13FO5/c16-10-1-4-12(5-2-10)20-7-8-21-15(19)13-6-3-11(17)9-14(13)18/h1-6,9,17-18H,7-8H2. The number of phenols is 2. The Kier molecular flexibility index (Phi) is 4.61. The van der Waals surface area contributed by atoms with Gasteiger partial charge in [-0.3, -0.25) is 0 Å². The second-order valence-electron chi connectivity index (χ2n) is 4.14. The maximum atomic E-state index is 12.7. The lowest BCUT2D eigenvalue weighted by Crippen LogP contribution is -2.12. The molecule has 0 atom stereocenters. The Labute approximate surface area is 120 Å². The van der Waals surface area contributed by atoms with E-state index in [1.54, 1.807) is 0 Å². The molecule has 0 fully saturated rings. The highest BCUT2D eigenvalue weighted by Crippen LogP contribution is 2.23. The molecule has 5 nitrogen and oxygen atoms in total. The van der Waals surface area contributed by atoms with E-state index in [1.807, 2.05) is 0 Å². The molecule has 0 amide bonds. The summed E-state index contributed by atoms with van der Waals surface area (Å²) in [7, 11) is 0. The van der Waals surface area contributed by atoms with Gasteiger partial charge in [0, 0.05) is 6.07 Å². The molecule has 0 heterocycles. The second-order valence-corrected chi connectivity index (χ2v) is 4.14. The van der Waals surface area contributed by atoms with E-state index in [0.717, 1.165) is 6.07 Å². The van der Waals surface area contributed by atoms with Crippen LogP contribution in [0.3, 0.4) is 0 Å². The third-order valence-electron chi connectivity index (χ3n) is 2.60. The Balaban J connectivity index is 1.80. The number of carbonyl (C=O) groups is 1. The molecule has 0 unspecified atom stereocenters. The summed E-state index contributed by atoms with van der Waals surface area (Å²) in [5.41, 5.74) is -0.0467. The Morgan fingerprint density at radius 3 is 2.43 bits per heavy atom. The minimum absolute atomic E-state index is 0.0312. The van der Waals surface area contributed by atoms with Gasteiger partial charge in [0.1, 0.15) is 41.8 Å². The van der Waals surface area contributed by atoms with E-state index in [1.165, 1.54) is 36.4 Å². The molecule has 2 aromatic rings. The molecule has 6 heteroatoms. The predicted octanol–water partition coefficient (Wildman–Crippen LogP) is 2.47. The largest absolute Gasteiger partial charge is 0.508 e. The lowest BCUT2D eigenvalue weighted by Gasteiger charge is -2.08. The molecular weight excluding hydrogens is 279 g/mol. The molecule has 0 aliphatic heterocycles. The summed E-state index contributed by atoms with van der Waals surface area (Å²) in [5, 5.41) is 18.6. The zero-order chi connectivity index (χ0) is 15.2. The molecule has 0 aromatic heterocycles. The summed E-state index contributed by atoms with van der Waals surface area (Å²) in [5.74, 6) is -1.14. The summed E-state index contributed by atoms with van der Waals surface area (Å²) in [4.78, 5) is 11.7. The normalized spacial score (nSPS) is 10.1. The number of esters is 1. The van der Waals surface area contributed by atoms with Crippen molar-refractivity contribution in [3.05, 3.63) is 53.8 Å². The SMILES string of the molecule is O=C(OCCOc1ccc(F)cc1)c1ccc(O)cc1O. The van der Waals surface area contributed by atoms with Crippen LogP contribution in [0.5, 0.6) is 17.2 Å². The molecule has 0 bridgehead atoms. The number of ether oxygens (including phenoxy) is 2. The highest BCUT2D eigenvalue weighted by atomic mass is 19.1. The molecule has 0 aliphatic carbocycles. The van der Waals surface area contributed by atoms with Crippen LogP contribution in [0.4, 0.5) is 4.39 Å². The first-order valence-electron chi connectivity index (χ1n) is 6.14. The highest BCUT2D eigenvalue weighted by molar-refractivity contribution is 5.92. The number of benzene rings is 2. The number of halogens is 1. The van der Waals surface area contributed by atoms with Crippen molar-refractivity contribution in [2.24, 2.45) is 0 Å². The first-order chi connectivity index (χ1) is 10.1. The number of phenolic OH excluding ortho intramolecular Hbond substituents is 2. The summed E-state index contributed by atoms with van der Waals surface area (Å²) < 4.78 is 22.8. The summed E-state index contributed by atoms with van der Waals surface area (Å²) in [6.45, 7) is 0.0622. The van der Waals surface area contributed by atoms with Gasteiger partial charge in [0.05, 0.1) is 0 Å². The Morgan fingerprint density at radius 1 is 1.05 bits per heavy atom. The quantitative estimate of drug-likeness (QED) is 0.654. The van der Waals surface area contributed by atoms with Crippen molar-refractivity contribution in [3.63, 3.8) is 0 Å². The number of rotatable bonds is 5. The van der Waals surface area contributed by atoms with E-state index >= 15 is 0 Å². The van der Waals surface area contributed by atoms with Crippen LogP contribution in [0.2, 0.25) is 0 Å². The number of carbonyl (C=O) groups excluding carboxylic acids is 1. The van der Waals surface area contributed by atoms with Gasteiger partial charge in [-0.25, -0.2) is 9.18 Å². The highest BCUT2D eigenvalue weighted by Gasteiger charge is 2.12. The van der Waals surface area contributed by atoms with E-state index < -0.39 is 5.97 Å². The summed E-state index contributed by atoms with van der Waals surface area (Å²) in [6.07, 6.45) is 0. The van der Waals surface area contributed by atoms with E-state index in [0.29, 0.717) is 5.75 Å². The predicted molar refractivity (Wildman–Crippen MR) is 71.9 cm³/mol. The van der Waals surface area contributed by atoms with E-state index in [-0.39, 0.29) is 36.1 Å². The van der Waals surface area contributed by atoms with Gasteiger partial charge >= 0.3 is 5.97 Å². The van der Waals surface area contributed by atoms with Gasteiger partial charge in [0.25, 0.3) is 0 Å². The Hall–Kier alpha value is -2.76. The first kappa shape index (κ1) is 14.6. The van der Waals surface area contributed by atoms with Crippen LogP contribution in [-0.2, 0) is 4.74 Å². The molecule has 0 radical (unpaired) electrons. The smallest absolute Gasteiger partial charge is 0.342 e. The molecule has 110 valence electrons. The van der Waals surface area contributed by atoms with E-state index in [9.17, 15) is 14.3 Å². The molecule has 2 rings (SSSR count). The molecule has 0 saturated heterocycles. The summed E-state index contributed by atoms with van der Waals surface area (Å²) >= 11 is 0. The zero-order valence-electron chi connectivity index (χ0n) is 11.0. The maximum Gasteiger partial charge on any atom is 0.342 e. The monoisotopic (exact) mass is 292 g/mol. The van der Waals surface area contributed by atoms with Crippen molar-refractivity contribution in [2.75, 3.05) is 13.2 Å². The van der Waals surface area contributed by atoms with Crippen LogP contribution in [0.15, 0.2) is 42.5 Å². The van der Waals surface area contributed by atoms with Crippen LogP contribution in [-0.4, -0.2) is 29.4 Å². The molecule has 0 aliphatic rings. The van der Waals surface area contributed by atoms with Gasteiger partial charge in [-0.15, -0.1) is 0 Å². The van der Waals surface area contributed by atoms with Gasteiger partial charge in [-0.05, 0) is 36.4 Å². The average Bonchev–Trinajstić information content (AvgIpc) is 2.45. The number of hydrogen-bond donors (Lipinski definition) is 2. The van der Waals surface area contributed by atoms with Crippen molar-refractivity contribution in [1.82, 2.24) is 0 Å². The van der Waals surface area contributed by atoms with E-state index in [4.69, 9.17) is 14.6 Å². The lowest BCUT2D eigenvalue weighted by molar-refractivity contribution is 0.0447. The minimum atomic E-state index is -0.727. The van der Waals surface area contributed by atoms with Crippen molar-refractivity contribution in [1.29, 1.82) is 0 Å². The molecule has 0 spiro atoms. The van der Waals surface area contributed by atoms with Crippen molar-refractivity contribution in [3.8, 4) is 17.2 Å². The fourth-order valence-corrected chi connectivity index (χ4v) is 1.60. The topological polar surface area (TPSA) is 76.0 Å². The van der Waals surface area contributed by atoms with Crippen molar-refractivity contribution in [2.45, 2.75) is 0 Å². The third-order valence-corrected chi connectivity index (χ3v) is 2.60. The van der Waals surface area contributed by atoms with Crippen molar-refractivity contribution >= 4 is 5.97 Å². The molecule has 21 heavy (non-hydrogen) atoms. The fourth-order valence-electron chi connectivity index (χ4n) is 1.60. The van der Waals surface area contributed by atoms with E-state index in [2.05, 4.69) is 0 Å². The molecule has 2 N–H and O–H groups in total. The van der Waals surface area contributed by atoms with Gasteiger partial charge in [0.2, 0.25) is 0 Å². The van der Waals surface area contributed by atoms with Crippen LogP contribution in [0.1, 0.15) is 10.4 Å². The second kappa shape index (κ2) is 6.60. The van der Waals surface area contributed by atoms with Gasteiger partial charge < -0.3 is 19.7 Å². The van der Waals surface area contributed by atoms with Crippen LogP contribution in [0.25, 0.3) is 0 Å². The lowest BCUT2D eigenvalue weighted by atomic mass is 10.2. The Bertz CT molecular complexity index is 624. The molecule has 0 saturated carbocycles. The zero-order valence-corrected chi connectivity index (χ0v) is 11.0. The fraction of sp³-hybridized carbons (Fsp3) is 0.133. The third kappa shape index (κ3) is 4.10. The van der Waals surface area contributed by atoms with Gasteiger partial charge in [-0.1, -0.05) is 0 Å². The van der Waals surface area contributed by atoms with Crippen LogP contribution in [0, 0.1) is 5.82 Å². The number of hydrogen-bond acceptors (Lipinski definition) is 5. The Morgan fingerprint density at radius 2 is 1.76 bits per heavy atom. The average molecular weight is 292 g/mol. The summed E-state index contributed by atoms with van der Waals surface area (Å²) in [6, 6.07) is 9.02. The van der Waals surface area contributed by atoms with Gasteiger partial charge in [0.15, 0.2) is 0 Å². The van der Waals surface area contributed by atoms with Crippen LogP contribution < -0.4 is 4.74 Å².